The Hall–Kier alpha value is -2.06. The van der Waals surface area contributed by atoms with Crippen molar-refractivity contribution in [2.24, 2.45) is 0 Å². The number of ether oxygens (including phenoxy) is 1. The zero-order valence-electron chi connectivity index (χ0n) is 9.43. The molecule has 0 aliphatic heterocycles. The number of nitrogens with zero attached hydrogens (tertiary/aromatic N) is 1. The topological polar surface area (TPSA) is 90.5 Å². The SMILES string of the molecule is CCOC(=O)Cc1cc(O)c(C#N)c(CO)c1. The summed E-state index contributed by atoms with van der Waals surface area (Å²) < 4.78 is 4.77. The van der Waals surface area contributed by atoms with Crippen molar-refractivity contribution < 1.29 is 19.7 Å². The Bertz CT molecular complexity index is 462. The molecule has 2 N–H and O–H groups in total. The van der Waals surface area contributed by atoms with E-state index in [-0.39, 0.29) is 30.9 Å². The average molecular weight is 235 g/mol. The fourth-order valence-electron chi connectivity index (χ4n) is 1.48. The van der Waals surface area contributed by atoms with Crippen LogP contribution >= 0.6 is 0 Å². The molecule has 0 amide bonds. The Labute approximate surface area is 98.9 Å². The van der Waals surface area contributed by atoms with E-state index in [1.165, 1.54) is 12.1 Å². The molecule has 1 aromatic carbocycles. The molecule has 0 saturated carbocycles. The third-order valence-corrected chi connectivity index (χ3v) is 2.19. The van der Waals surface area contributed by atoms with Gasteiger partial charge in [-0.05, 0) is 24.1 Å². The molecule has 90 valence electrons. The van der Waals surface area contributed by atoms with Gasteiger partial charge in [0, 0.05) is 0 Å². The molecule has 0 spiro atoms. The van der Waals surface area contributed by atoms with Crippen LogP contribution in [0.15, 0.2) is 12.1 Å². The third-order valence-electron chi connectivity index (χ3n) is 2.19. The van der Waals surface area contributed by atoms with Crippen LogP contribution in [-0.2, 0) is 22.6 Å². The predicted molar refractivity (Wildman–Crippen MR) is 59.1 cm³/mol. The number of benzene rings is 1. The summed E-state index contributed by atoms with van der Waals surface area (Å²) in [6, 6.07) is 4.63. The zero-order valence-corrected chi connectivity index (χ0v) is 9.43. The van der Waals surface area contributed by atoms with Crippen LogP contribution in [0, 0.1) is 11.3 Å². The monoisotopic (exact) mass is 235 g/mol. The van der Waals surface area contributed by atoms with Crippen LogP contribution in [0.25, 0.3) is 0 Å². The fourth-order valence-corrected chi connectivity index (χ4v) is 1.48. The lowest BCUT2D eigenvalue weighted by Gasteiger charge is -2.07. The summed E-state index contributed by atoms with van der Waals surface area (Å²) >= 11 is 0. The second-order valence-electron chi connectivity index (χ2n) is 3.40. The Morgan fingerprint density at radius 1 is 1.53 bits per heavy atom. The van der Waals surface area contributed by atoms with Gasteiger partial charge in [0.15, 0.2) is 0 Å². The quantitative estimate of drug-likeness (QED) is 0.755. The zero-order chi connectivity index (χ0) is 12.8. The van der Waals surface area contributed by atoms with Gasteiger partial charge in [-0.25, -0.2) is 0 Å². The van der Waals surface area contributed by atoms with Crippen LogP contribution in [-0.4, -0.2) is 22.8 Å². The summed E-state index contributed by atoms with van der Waals surface area (Å²) in [6.07, 6.45) is 0.000108. The largest absolute Gasteiger partial charge is 0.507 e. The van der Waals surface area contributed by atoms with Gasteiger partial charge in [-0.2, -0.15) is 5.26 Å². The van der Waals surface area contributed by atoms with Gasteiger partial charge in [0.2, 0.25) is 0 Å². The molecule has 5 heteroatoms. The van der Waals surface area contributed by atoms with Crippen molar-refractivity contribution in [3.63, 3.8) is 0 Å². The first-order chi connectivity index (χ1) is 8.12. The van der Waals surface area contributed by atoms with Crippen molar-refractivity contribution in [2.75, 3.05) is 6.61 Å². The predicted octanol–water partition coefficient (Wildman–Crippen LogP) is 0.862. The lowest BCUT2D eigenvalue weighted by atomic mass is 10.0. The smallest absolute Gasteiger partial charge is 0.310 e. The molecule has 5 nitrogen and oxygen atoms in total. The normalized spacial score (nSPS) is 9.71. The molecule has 0 saturated heterocycles. The molecule has 0 radical (unpaired) electrons. The maximum absolute atomic E-state index is 11.2. The van der Waals surface area contributed by atoms with Crippen LogP contribution in [0.2, 0.25) is 0 Å². The Morgan fingerprint density at radius 3 is 2.76 bits per heavy atom. The summed E-state index contributed by atoms with van der Waals surface area (Å²) in [4.78, 5) is 11.2. The summed E-state index contributed by atoms with van der Waals surface area (Å²) in [5, 5.41) is 27.4. The number of aliphatic hydroxyl groups is 1. The van der Waals surface area contributed by atoms with Gasteiger partial charge in [-0.3, -0.25) is 4.79 Å². The molecular weight excluding hydrogens is 222 g/mol. The summed E-state index contributed by atoms with van der Waals surface area (Å²) in [6.45, 7) is 1.62. The van der Waals surface area contributed by atoms with Gasteiger partial charge in [-0.1, -0.05) is 6.07 Å². The van der Waals surface area contributed by atoms with E-state index in [9.17, 15) is 9.90 Å². The highest BCUT2D eigenvalue weighted by Gasteiger charge is 2.12. The number of rotatable bonds is 4. The molecular formula is C12H13NO4. The number of nitriles is 1. The van der Waals surface area contributed by atoms with Crippen LogP contribution in [0.1, 0.15) is 23.6 Å². The number of carbonyl (C=O) groups is 1. The molecule has 0 heterocycles. The number of phenols is 1. The molecule has 0 bridgehead atoms. The molecule has 0 aliphatic carbocycles. The van der Waals surface area contributed by atoms with E-state index in [1.54, 1.807) is 13.0 Å². The van der Waals surface area contributed by atoms with E-state index in [4.69, 9.17) is 15.1 Å². The standard InChI is InChI=1S/C12H13NO4/c1-2-17-12(16)5-8-3-9(7-14)10(6-13)11(15)4-8/h3-4,14-15H,2,5,7H2,1H3. The van der Waals surface area contributed by atoms with Crippen molar-refractivity contribution >= 4 is 5.97 Å². The van der Waals surface area contributed by atoms with Crippen LogP contribution in [0.4, 0.5) is 0 Å². The van der Waals surface area contributed by atoms with Crippen LogP contribution < -0.4 is 0 Å². The minimum absolute atomic E-state index is 0.000108. The van der Waals surface area contributed by atoms with Gasteiger partial charge >= 0.3 is 5.97 Å². The summed E-state index contributed by atoms with van der Waals surface area (Å²) in [5.41, 5.74) is 0.830. The van der Waals surface area contributed by atoms with Gasteiger partial charge in [0.1, 0.15) is 11.8 Å². The molecule has 0 atom stereocenters. The van der Waals surface area contributed by atoms with E-state index < -0.39 is 5.97 Å². The molecule has 0 aliphatic rings. The maximum atomic E-state index is 11.2. The van der Waals surface area contributed by atoms with Gasteiger partial charge in [-0.15, -0.1) is 0 Å². The number of aliphatic hydroxyl groups excluding tert-OH is 1. The van der Waals surface area contributed by atoms with Crippen molar-refractivity contribution in [2.45, 2.75) is 20.0 Å². The molecule has 1 rings (SSSR count). The maximum Gasteiger partial charge on any atom is 0.310 e. The molecule has 0 fully saturated rings. The number of hydrogen-bond acceptors (Lipinski definition) is 5. The fraction of sp³-hybridized carbons (Fsp3) is 0.333. The number of esters is 1. The molecule has 0 unspecified atom stereocenters. The minimum Gasteiger partial charge on any atom is -0.507 e. The van der Waals surface area contributed by atoms with E-state index in [1.807, 2.05) is 0 Å². The highest BCUT2D eigenvalue weighted by atomic mass is 16.5. The van der Waals surface area contributed by atoms with Crippen LogP contribution in [0.5, 0.6) is 5.75 Å². The lowest BCUT2D eigenvalue weighted by molar-refractivity contribution is -0.142. The number of phenolic OH excluding ortho intramolecular Hbond substituents is 1. The van der Waals surface area contributed by atoms with Crippen molar-refractivity contribution in [3.05, 3.63) is 28.8 Å². The first-order valence-corrected chi connectivity index (χ1v) is 5.13. The van der Waals surface area contributed by atoms with Crippen molar-refractivity contribution in [3.8, 4) is 11.8 Å². The van der Waals surface area contributed by atoms with E-state index in [0.717, 1.165) is 0 Å². The molecule has 1 aromatic rings. The Morgan fingerprint density at radius 2 is 2.24 bits per heavy atom. The van der Waals surface area contributed by atoms with Gasteiger partial charge in [0.25, 0.3) is 0 Å². The van der Waals surface area contributed by atoms with Gasteiger partial charge < -0.3 is 14.9 Å². The Kier molecular flexibility index (Phi) is 4.49. The second-order valence-corrected chi connectivity index (χ2v) is 3.40. The number of carbonyl (C=O) groups excluding carboxylic acids is 1. The number of hydrogen-bond donors (Lipinski definition) is 2. The average Bonchev–Trinajstić information content (AvgIpc) is 2.28. The first kappa shape index (κ1) is 13.0. The van der Waals surface area contributed by atoms with Crippen LogP contribution in [0.3, 0.4) is 0 Å². The molecule has 17 heavy (non-hydrogen) atoms. The third kappa shape index (κ3) is 3.20. The van der Waals surface area contributed by atoms with E-state index in [0.29, 0.717) is 11.1 Å². The summed E-state index contributed by atoms with van der Waals surface area (Å²) in [7, 11) is 0. The van der Waals surface area contributed by atoms with E-state index >= 15 is 0 Å². The van der Waals surface area contributed by atoms with Crippen molar-refractivity contribution in [1.29, 1.82) is 5.26 Å². The lowest BCUT2D eigenvalue weighted by Crippen LogP contribution is -2.08. The van der Waals surface area contributed by atoms with Crippen molar-refractivity contribution in [1.82, 2.24) is 0 Å². The highest BCUT2D eigenvalue weighted by molar-refractivity contribution is 5.73. The Balaban J connectivity index is 3.00. The minimum atomic E-state index is -0.416. The second kappa shape index (κ2) is 5.87. The van der Waals surface area contributed by atoms with E-state index in [2.05, 4.69) is 0 Å². The number of aromatic hydroxyl groups is 1. The first-order valence-electron chi connectivity index (χ1n) is 5.13. The van der Waals surface area contributed by atoms with Gasteiger partial charge in [0.05, 0.1) is 25.2 Å². The summed E-state index contributed by atoms with van der Waals surface area (Å²) in [5.74, 6) is -0.654. The molecule has 0 aromatic heterocycles. The highest BCUT2D eigenvalue weighted by Crippen LogP contribution is 2.23.